The van der Waals surface area contributed by atoms with Crippen LogP contribution in [-0.2, 0) is 4.74 Å². The third kappa shape index (κ3) is 3.46. The molecule has 2 saturated heterocycles. The molecule has 2 heterocycles. The molecule has 0 N–H and O–H groups in total. The molecule has 0 amide bonds. The first-order chi connectivity index (χ1) is 11.2. The second-order valence-corrected chi connectivity index (χ2v) is 8.49. The molecule has 1 aromatic rings. The van der Waals surface area contributed by atoms with Gasteiger partial charge in [-0.05, 0) is 49.8 Å². The third-order valence-corrected chi connectivity index (χ3v) is 6.95. The summed E-state index contributed by atoms with van der Waals surface area (Å²) in [5.41, 5.74) is 1.30. The number of hydrogen-bond acceptors (Lipinski definition) is 4. The molecule has 0 bridgehead atoms. The smallest absolute Gasteiger partial charge is 0.133 e. The second-order valence-electron chi connectivity index (χ2n) is 7.40. The van der Waals surface area contributed by atoms with Gasteiger partial charge >= 0.3 is 0 Å². The van der Waals surface area contributed by atoms with Crippen LogP contribution in [0.25, 0.3) is 0 Å². The quantitative estimate of drug-likeness (QED) is 0.776. The van der Waals surface area contributed by atoms with E-state index in [4.69, 9.17) is 4.74 Å². The Balaban J connectivity index is 1.36. The van der Waals surface area contributed by atoms with Crippen LogP contribution in [0.5, 0.6) is 0 Å². The van der Waals surface area contributed by atoms with E-state index in [1.54, 1.807) is 0 Å². The zero-order chi connectivity index (χ0) is 15.7. The zero-order valence-electron chi connectivity index (χ0n) is 14.2. The summed E-state index contributed by atoms with van der Waals surface area (Å²) in [6, 6.07) is 8.87. The van der Waals surface area contributed by atoms with Crippen molar-refractivity contribution in [1.29, 1.82) is 0 Å². The van der Waals surface area contributed by atoms with Crippen LogP contribution in [0, 0.1) is 12.8 Å². The molecule has 126 valence electrons. The van der Waals surface area contributed by atoms with Crippen molar-refractivity contribution in [3.63, 3.8) is 0 Å². The average molecular weight is 333 g/mol. The fourth-order valence-electron chi connectivity index (χ4n) is 3.97. The highest BCUT2D eigenvalue weighted by Gasteiger charge is 2.45. The number of benzene rings is 1. The predicted molar refractivity (Wildman–Crippen MR) is 95.4 cm³/mol. The lowest BCUT2D eigenvalue weighted by atomic mass is 9.84. The average Bonchev–Trinajstić information content (AvgIpc) is 2.90. The van der Waals surface area contributed by atoms with E-state index >= 15 is 0 Å². The minimum Gasteiger partial charge on any atom is -0.358 e. The Morgan fingerprint density at radius 3 is 2.52 bits per heavy atom. The van der Waals surface area contributed by atoms with Crippen molar-refractivity contribution in [3.05, 3.63) is 29.8 Å². The molecule has 3 fully saturated rings. The van der Waals surface area contributed by atoms with Gasteiger partial charge in [-0.2, -0.15) is 0 Å². The van der Waals surface area contributed by atoms with Crippen LogP contribution < -0.4 is 0 Å². The number of nitrogens with zero attached hydrogens (tertiary/aromatic N) is 2. The van der Waals surface area contributed by atoms with Gasteiger partial charge in [-0.3, -0.25) is 0 Å². The molecule has 1 spiro atoms. The summed E-state index contributed by atoms with van der Waals surface area (Å²) in [5.74, 6) is 0.978. The number of likely N-dealkylation sites (tertiary alicyclic amines) is 1. The van der Waals surface area contributed by atoms with E-state index < -0.39 is 0 Å². The fraction of sp³-hybridized carbons (Fsp3) is 0.684. The van der Waals surface area contributed by atoms with Gasteiger partial charge in [0.15, 0.2) is 0 Å². The van der Waals surface area contributed by atoms with Gasteiger partial charge in [0.1, 0.15) is 5.72 Å². The van der Waals surface area contributed by atoms with Crippen molar-refractivity contribution < 1.29 is 4.74 Å². The topological polar surface area (TPSA) is 15.7 Å². The van der Waals surface area contributed by atoms with Crippen molar-refractivity contribution in [1.82, 2.24) is 9.21 Å². The SMILES string of the molecule is Cc1ccc(SN2CCOC23CCN(CC2CCC2)CC3)cc1. The van der Waals surface area contributed by atoms with Crippen LogP contribution in [0.4, 0.5) is 0 Å². The van der Waals surface area contributed by atoms with E-state index in [1.807, 2.05) is 11.9 Å². The van der Waals surface area contributed by atoms with Gasteiger partial charge in [-0.15, -0.1) is 0 Å². The van der Waals surface area contributed by atoms with Gasteiger partial charge in [0, 0.05) is 43.9 Å². The maximum atomic E-state index is 6.26. The van der Waals surface area contributed by atoms with E-state index in [1.165, 1.54) is 49.4 Å². The lowest BCUT2D eigenvalue weighted by Crippen LogP contribution is -2.51. The monoisotopic (exact) mass is 332 g/mol. The van der Waals surface area contributed by atoms with Gasteiger partial charge in [0.05, 0.1) is 6.61 Å². The fourth-order valence-corrected chi connectivity index (χ4v) is 5.05. The Hall–Kier alpha value is -0.550. The molecule has 3 nitrogen and oxygen atoms in total. The maximum absolute atomic E-state index is 6.26. The summed E-state index contributed by atoms with van der Waals surface area (Å²) in [5, 5.41) is 0. The molecule has 1 saturated carbocycles. The lowest BCUT2D eigenvalue weighted by molar-refractivity contribution is -0.0902. The van der Waals surface area contributed by atoms with Crippen LogP contribution in [-0.4, -0.2) is 47.7 Å². The van der Waals surface area contributed by atoms with Crippen molar-refractivity contribution in [2.45, 2.75) is 49.6 Å². The molecular formula is C19H28N2OS. The Labute approximate surface area is 144 Å². The molecule has 1 aromatic carbocycles. The lowest BCUT2D eigenvalue weighted by Gasteiger charge is -2.44. The van der Waals surface area contributed by atoms with Gasteiger partial charge in [-0.1, -0.05) is 24.1 Å². The zero-order valence-corrected chi connectivity index (χ0v) is 15.0. The normalized spacial score (nSPS) is 25.8. The van der Waals surface area contributed by atoms with Gasteiger partial charge in [0.2, 0.25) is 0 Å². The van der Waals surface area contributed by atoms with Crippen molar-refractivity contribution in [2.75, 3.05) is 32.8 Å². The highest BCUT2D eigenvalue weighted by Crippen LogP contribution is 2.41. The van der Waals surface area contributed by atoms with Crippen LogP contribution in [0.3, 0.4) is 0 Å². The molecular weight excluding hydrogens is 304 g/mol. The Morgan fingerprint density at radius 1 is 1.13 bits per heavy atom. The first kappa shape index (κ1) is 15.9. The molecule has 4 rings (SSSR count). The molecule has 0 atom stereocenters. The largest absolute Gasteiger partial charge is 0.358 e. The van der Waals surface area contributed by atoms with Gasteiger partial charge in [-0.25, -0.2) is 4.31 Å². The minimum atomic E-state index is -0.0222. The third-order valence-electron chi connectivity index (χ3n) is 5.73. The highest BCUT2D eigenvalue weighted by atomic mass is 32.2. The van der Waals surface area contributed by atoms with Crippen molar-refractivity contribution >= 4 is 11.9 Å². The molecule has 0 aromatic heterocycles. The Bertz CT molecular complexity index is 521. The van der Waals surface area contributed by atoms with Crippen LogP contribution >= 0.6 is 11.9 Å². The van der Waals surface area contributed by atoms with Gasteiger partial charge < -0.3 is 9.64 Å². The minimum absolute atomic E-state index is 0.0222. The van der Waals surface area contributed by atoms with E-state index in [9.17, 15) is 0 Å². The van der Waals surface area contributed by atoms with Crippen molar-refractivity contribution in [3.8, 4) is 0 Å². The van der Waals surface area contributed by atoms with E-state index in [0.29, 0.717) is 0 Å². The number of ether oxygens (including phenoxy) is 1. The Kier molecular flexibility index (Phi) is 4.68. The number of rotatable bonds is 4. The van der Waals surface area contributed by atoms with Crippen LogP contribution in [0.15, 0.2) is 29.2 Å². The molecule has 4 heteroatoms. The standard InChI is InChI=1S/C19H28N2OS/c1-16-5-7-18(8-6-16)23-21-13-14-22-19(21)9-11-20(12-10-19)15-17-3-2-4-17/h5-8,17H,2-4,9-15H2,1H3. The van der Waals surface area contributed by atoms with Crippen molar-refractivity contribution in [2.24, 2.45) is 5.92 Å². The summed E-state index contributed by atoms with van der Waals surface area (Å²) < 4.78 is 8.77. The molecule has 1 aliphatic carbocycles. The van der Waals surface area contributed by atoms with E-state index in [2.05, 4.69) is 40.4 Å². The summed E-state index contributed by atoms with van der Waals surface area (Å²) in [6.45, 7) is 7.78. The predicted octanol–water partition coefficient (Wildman–Crippen LogP) is 3.93. The number of piperidine rings is 1. The van der Waals surface area contributed by atoms with Crippen LogP contribution in [0.2, 0.25) is 0 Å². The molecule has 23 heavy (non-hydrogen) atoms. The molecule has 0 unspecified atom stereocenters. The van der Waals surface area contributed by atoms with E-state index in [0.717, 1.165) is 31.9 Å². The first-order valence-corrected chi connectivity index (χ1v) is 9.89. The second kappa shape index (κ2) is 6.75. The van der Waals surface area contributed by atoms with Crippen LogP contribution in [0.1, 0.15) is 37.7 Å². The summed E-state index contributed by atoms with van der Waals surface area (Å²) >= 11 is 1.89. The first-order valence-electron chi connectivity index (χ1n) is 9.12. The Morgan fingerprint density at radius 2 is 1.87 bits per heavy atom. The van der Waals surface area contributed by atoms with Gasteiger partial charge in [0.25, 0.3) is 0 Å². The molecule has 3 aliphatic rings. The summed E-state index contributed by atoms with van der Waals surface area (Å²) in [7, 11) is 0. The molecule has 2 aliphatic heterocycles. The number of aryl methyl sites for hydroxylation is 1. The molecule has 0 radical (unpaired) electrons. The maximum Gasteiger partial charge on any atom is 0.133 e. The number of hydrogen-bond donors (Lipinski definition) is 0. The summed E-state index contributed by atoms with van der Waals surface area (Å²) in [4.78, 5) is 4.00. The highest BCUT2D eigenvalue weighted by molar-refractivity contribution is 7.97. The summed E-state index contributed by atoms with van der Waals surface area (Å²) in [6.07, 6.45) is 6.66. The van der Waals surface area contributed by atoms with E-state index in [-0.39, 0.29) is 5.72 Å².